The molecule has 1 aliphatic rings. The van der Waals surface area contributed by atoms with Crippen LogP contribution in [0, 0.1) is 25.6 Å². The van der Waals surface area contributed by atoms with E-state index in [4.69, 9.17) is 4.74 Å². The fourth-order valence-corrected chi connectivity index (χ4v) is 6.40. The average Bonchev–Trinajstić information content (AvgIpc) is 3.27. The number of carbonyl (C=O) groups is 1. The number of rotatable bonds is 9. The van der Waals surface area contributed by atoms with Crippen molar-refractivity contribution >= 4 is 22.5 Å². The number of aryl methyl sites for hydroxylation is 1. The third kappa shape index (κ3) is 7.11. The number of piperazine rings is 1. The van der Waals surface area contributed by atoms with E-state index in [1.807, 2.05) is 6.07 Å². The Morgan fingerprint density at radius 1 is 0.894 bits per heavy atom. The van der Waals surface area contributed by atoms with Crippen LogP contribution >= 0.6 is 0 Å². The Hall–Kier alpha value is -4.86. The number of phenols is 2. The van der Waals surface area contributed by atoms with Crippen LogP contribution in [0.5, 0.6) is 23.0 Å². The van der Waals surface area contributed by atoms with Gasteiger partial charge in [-0.2, -0.15) is 0 Å². The Morgan fingerprint density at radius 3 is 2.28 bits per heavy atom. The van der Waals surface area contributed by atoms with Crippen molar-refractivity contribution in [1.82, 2.24) is 14.4 Å². The zero-order valence-electron chi connectivity index (χ0n) is 27.3. The summed E-state index contributed by atoms with van der Waals surface area (Å²) in [7, 11) is 2.18. The third-order valence-electron chi connectivity index (χ3n) is 9.09. The quantitative estimate of drug-likeness (QED) is 0.156. The Labute approximate surface area is 274 Å². The number of hydrogen-bond donors (Lipinski definition) is 3. The van der Waals surface area contributed by atoms with Crippen molar-refractivity contribution in [2.75, 3.05) is 45.1 Å². The summed E-state index contributed by atoms with van der Waals surface area (Å²) in [5.41, 5.74) is 4.81. The van der Waals surface area contributed by atoms with Gasteiger partial charge in [0.05, 0.1) is 5.56 Å². The van der Waals surface area contributed by atoms with E-state index < -0.39 is 11.7 Å². The molecule has 3 N–H and O–H groups in total. The van der Waals surface area contributed by atoms with Crippen LogP contribution in [0.2, 0.25) is 0 Å². The van der Waals surface area contributed by atoms with Crippen molar-refractivity contribution in [2.24, 2.45) is 5.92 Å². The number of phenolic OH excluding ortho intramolecular Hbond substituents is 2. The van der Waals surface area contributed by atoms with E-state index >= 15 is 0 Å². The molecule has 0 bridgehead atoms. The molecule has 1 aromatic heterocycles. The molecule has 1 aliphatic heterocycles. The molecule has 1 unspecified atom stereocenters. The van der Waals surface area contributed by atoms with Crippen molar-refractivity contribution in [2.45, 2.75) is 27.3 Å². The fourth-order valence-electron chi connectivity index (χ4n) is 6.40. The van der Waals surface area contributed by atoms with Crippen molar-refractivity contribution in [1.29, 1.82) is 0 Å². The van der Waals surface area contributed by atoms with Crippen molar-refractivity contribution in [3.63, 3.8) is 0 Å². The van der Waals surface area contributed by atoms with Crippen LogP contribution < -0.4 is 10.1 Å². The van der Waals surface area contributed by atoms with Gasteiger partial charge in [0.15, 0.2) is 0 Å². The standard InChI is InChI=1S/C38H41FN4O4/c1-24(22-42-16-14-41(4)15-17-42)23-43-26(3)25(2)33-21-32(12-13-34(33)43)47-31-7-5-6-28(18-31)38(46)40-30-19-35(44)37(36(45)20-30)27-8-10-29(39)11-9-27/h5-13,18-21,24,44-45H,14-17,22-23H2,1-4H3,(H,40,46). The van der Waals surface area contributed by atoms with E-state index in [0.717, 1.165) is 44.7 Å². The molecular weight excluding hydrogens is 595 g/mol. The monoisotopic (exact) mass is 636 g/mol. The number of benzene rings is 4. The lowest BCUT2D eigenvalue weighted by Gasteiger charge is -2.34. The average molecular weight is 637 g/mol. The van der Waals surface area contributed by atoms with Crippen LogP contribution in [0.25, 0.3) is 22.0 Å². The summed E-state index contributed by atoms with van der Waals surface area (Å²) in [6.45, 7) is 13.2. The van der Waals surface area contributed by atoms with Crippen molar-refractivity contribution in [3.8, 4) is 34.1 Å². The first-order valence-corrected chi connectivity index (χ1v) is 16.0. The zero-order chi connectivity index (χ0) is 33.2. The number of anilines is 1. The van der Waals surface area contributed by atoms with Gasteiger partial charge >= 0.3 is 0 Å². The highest BCUT2D eigenvalue weighted by Crippen LogP contribution is 2.40. The Kier molecular flexibility index (Phi) is 9.20. The number of carbonyl (C=O) groups excluding carboxylic acids is 1. The molecule has 244 valence electrons. The van der Waals surface area contributed by atoms with Gasteiger partial charge < -0.3 is 34.6 Å². The van der Waals surface area contributed by atoms with Gasteiger partial charge in [0.2, 0.25) is 0 Å². The van der Waals surface area contributed by atoms with Crippen molar-refractivity contribution < 1.29 is 24.1 Å². The molecule has 1 atom stereocenters. The number of halogens is 1. The number of aromatic nitrogens is 1. The van der Waals surface area contributed by atoms with Crippen LogP contribution in [0.15, 0.2) is 78.9 Å². The van der Waals surface area contributed by atoms with Gasteiger partial charge in [-0.25, -0.2) is 4.39 Å². The number of likely N-dealkylation sites (N-methyl/N-ethyl adjacent to an activating group) is 1. The topological polar surface area (TPSA) is 90.2 Å². The van der Waals surface area contributed by atoms with Gasteiger partial charge in [-0.05, 0) is 86.5 Å². The maximum Gasteiger partial charge on any atom is 0.255 e. The molecule has 5 aromatic rings. The molecule has 0 spiro atoms. The molecule has 2 heterocycles. The summed E-state index contributed by atoms with van der Waals surface area (Å²) in [6.07, 6.45) is 0. The first-order valence-electron chi connectivity index (χ1n) is 16.0. The van der Waals surface area contributed by atoms with E-state index in [1.54, 1.807) is 24.3 Å². The first-order chi connectivity index (χ1) is 22.5. The maximum absolute atomic E-state index is 13.3. The fraction of sp³-hybridized carbons (Fsp3) is 0.289. The predicted octanol–water partition coefficient (Wildman–Crippen LogP) is 7.40. The third-order valence-corrected chi connectivity index (χ3v) is 9.09. The number of aromatic hydroxyl groups is 2. The van der Waals surface area contributed by atoms with Crippen LogP contribution in [0.3, 0.4) is 0 Å². The molecule has 1 amide bonds. The van der Waals surface area contributed by atoms with Crippen LogP contribution in [-0.4, -0.2) is 70.3 Å². The van der Waals surface area contributed by atoms with Gasteiger partial charge in [0.1, 0.15) is 28.8 Å². The molecule has 1 fully saturated rings. The lowest BCUT2D eigenvalue weighted by atomic mass is 10.0. The number of amides is 1. The molecule has 1 saturated heterocycles. The molecule has 4 aromatic carbocycles. The Bertz CT molecular complexity index is 1890. The highest BCUT2D eigenvalue weighted by Gasteiger charge is 2.19. The molecule has 47 heavy (non-hydrogen) atoms. The molecule has 9 heteroatoms. The van der Waals surface area contributed by atoms with Crippen molar-refractivity contribution in [3.05, 3.63) is 102 Å². The summed E-state index contributed by atoms with van der Waals surface area (Å²) < 4.78 is 22.0. The number of hydrogen-bond acceptors (Lipinski definition) is 6. The number of ether oxygens (including phenoxy) is 1. The normalized spacial score (nSPS) is 14.7. The van der Waals surface area contributed by atoms with Crippen LogP contribution in [0.1, 0.15) is 28.5 Å². The Morgan fingerprint density at radius 2 is 1.57 bits per heavy atom. The summed E-state index contributed by atoms with van der Waals surface area (Å²) in [5, 5.41) is 25.0. The minimum absolute atomic E-state index is 0.149. The molecule has 0 aliphatic carbocycles. The van der Waals surface area contributed by atoms with Gasteiger partial charge in [0, 0.05) is 79.2 Å². The maximum atomic E-state index is 13.3. The predicted molar refractivity (Wildman–Crippen MR) is 184 cm³/mol. The van der Waals surface area contributed by atoms with Crippen LogP contribution in [-0.2, 0) is 6.54 Å². The van der Waals surface area contributed by atoms with E-state index in [1.165, 1.54) is 53.2 Å². The zero-order valence-corrected chi connectivity index (χ0v) is 27.3. The number of nitrogens with zero attached hydrogens (tertiary/aromatic N) is 3. The lowest BCUT2D eigenvalue weighted by molar-refractivity contribution is 0.102. The molecular formula is C38H41FN4O4. The van der Waals surface area contributed by atoms with Crippen LogP contribution in [0.4, 0.5) is 10.1 Å². The second-order valence-electron chi connectivity index (χ2n) is 12.7. The van der Waals surface area contributed by atoms with E-state index in [2.05, 4.69) is 59.6 Å². The van der Waals surface area contributed by atoms with Gasteiger partial charge in [-0.1, -0.05) is 25.1 Å². The highest BCUT2D eigenvalue weighted by molar-refractivity contribution is 6.05. The lowest BCUT2D eigenvalue weighted by Crippen LogP contribution is -2.46. The summed E-state index contributed by atoms with van der Waals surface area (Å²) in [6, 6.07) is 21.1. The largest absolute Gasteiger partial charge is 0.507 e. The second-order valence-corrected chi connectivity index (χ2v) is 12.7. The van der Waals surface area contributed by atoms with Gasteiger partial charge in [-0.15, -0.1) is 0 Å². The van der Waals surface area contributed by atoms with E-state index in [-0.39, 0.29) is 22.7 Å². The number of nitrogens with one attached hydrogen (secondary N) is 1. The first kappa shape index (κ1) is 32.1. The molecule has 0 saturated carbocycles. The molecule has 8 nitrogen and oxygen atoms in total. The highest BCUT2D eigenvalue weighted by atomic mass is 19.1. The smallest absolute Gasteiger partial charge is 0.255 e. The van der Waals surface area contributed by atoms with E-state index in [9.17, 15) is 19.4 Å². The Balaban J connectivity index is 1.14. The summed E-state index contributed by atoms with van der Waals surface area (Å²) in [4.78, 5) is 18.1. The minimum atomic E-state index is -0.437. The van der Waals surface area contributed by atoms with Gasteiger partial charge in [0.25, 0.3) is 5.91 Å². The number of fused-ring (bicyclic) bond motifs is 1. The summed E-state index contributed by atoms with van der Waals surface area (Å²) >= 11 is 0. The molecule has 6 rings (SSSR count). The summed E-state index contributed by atoms with van der Waals surface area (Å²) in [5.74, 6) is 0.332. The second kappa shape index (κ2) is 13.5. The van der Waals surface area contributed by atoms with Gasteiger partial charge in [-0.3, -0.25) is 4.79 Å². The minimum Gasteiger partial charge on any atom is -0.507 e. The molecule has 0 radical (unpaired) electrons. The SMILES string of the molecule is Cc1c(C)n(CC(C)CN2CCN(C)CC2)c2ccc(Oc3cccc(C(=O)Nc4cc(O)c(-c5ccc(F)cc5)c(O)c4)c3)cc12. The van der Waals surface area contributed by atoms with E-state index in [0.29, 0.717) is 28.5 Å².